The van der Waals surface area contributed by atoms with Gasteiger partial charge >= 0.3 is 0 Å². The van der Waals surface area contributed by atoms with Gasteiger partial charge in [-0.2, -0.15) is 0 Å². The Morgan fingerprint density at radius 3 is 2.61 bits per heavy atom. The summed E-state index contributed by atoms with van der Waals surface area (Å²) < 4.78 is 1.28. The first-order chi connectivity index (χ1) is 8.59. The number of carbonyl (C=O) groups excluding carboxylic acids is 1. The van der Waals surface area contributed by atoms with Crippen molar-refractivity contribution in [1.82, 2.24) is 4.57 Å². The number of aromatic carboxylic acids is 1. The van der Waals surface area contributed by atoms with E-state index in [9.17, 15) is 14.7 Å². The van der Waals surface area contributed by atoms with Gasteiger partial charge in [-0.05, 0) is 23.8 Å². The normalized spacial score (nSPS) is 10.3. The molecule has 0 radical (unpaired) electrons. The van der Waals surface area contributed by atoms with Crippen molar-refractivity contribution in [2.45, 2.75) is 6.54 Å². The lowest BCUT2D eigenvalue weighted by atomic mass is 10.2. The zero-order chi connectivity index (χ0) is 13.1. The number of hydrogen-bond donors (Lipinski definition) is 0. The van der Waals surface area contributed by atoms with Crippen LogP contribution in [0.25, 0.3) is 0 Å². The van der Waals surface area contributed by atoms with Gasteiger partial charge in [0.2, 0.25) is 0 Å². The molecule has 0 saturated carbocycles. The van der Waals surface area contributed by atoms with Gasteiger partial charge in [0.25, 0.3) is 5.56 Å². The summed E-state index contributed by atoms with van der Waals surface area (Å²) in [5, 5.41) is 11.3. The van der Waals surface area contributed by atoms with Crippen molar-refractivity contribution in [3.05, 3.63) is 69.1 Å². The van der Waals surface area contributed by atoms with Gasteiger partial charge in [-0.15, -0.1) is 0 Å². The maximum Gasteiger partial charge on any atom is 0.259 e. The zero-order valence-electron chi connectivity index (χ0n) is 9.30. The number of carboxylic acids is 1. The number of carbonyl (C=O) groups is 1. The smallest absolute Gasteiger partial charge is 0.259 e. The molecule has 0 saturated heterocycles. The van der Waals surface area contributed by atoms with Gasteiger partial charge in [0.1, 0.15) is 0 Å². The van der Waals surface area contributed by atoms with Crippen LogP contribution in [0.2, 0.25) is 5.02 Å². The molecule has 1 aromatic carbocycles. The third kappa shape index (κ3) is 2.43. The minimum atomic E-state index is -1.48. The molecule has 0 aliphatic carbocycles. The molecule has 5 heteroatoms. The van der Waals surface area contributed by atoms with Crippen molar-refractivity contribution in [2.75, 3.05) is 0 Å². The Kier molecular flexibility index (Phi) is 3.48. The second-order valence-electron chi connectivity index (χ2n) is 3.73. The Bertz CT molecular complexity index is 649. The fourth-order valence-corrected chi connectivity index (χ4v) is 1.82. The molecule has 1 aromatic heterocycles. The molecule has 0 aliphatic rings. The van der Waals surface area contributed by atoms with E-state index in [2.05, 4.69) is 0 Å². The van der Waals surface area contributed by atoms with Gasteiger partial charge in [0.15, 0.2) is 0 Å². The number of rotatable bonds is 3. The van der Waals surface area contributed by atoms with E-state index in [1.807, 2.05) is 0 Å². The summed E-state index contributed by atoms with van der Waals surface area (Å²) >= 11 is 5.98. The SMILES string of the molecule is O=C([O-])c1cccn(Cc2ccccc2Cl)c1=O. The number of aromatic nitrogens is 1. The van der Waals surface area contributed by atoms with Crippen LogP contribution in [0, 0.1) is 0 Å². The lowest BCUT2D eigenvalue weighted by Gasteiger charge is -2.09. The van der Waals surface area contributed by atoms with Crippen molar-refractivity contribution in [1.29, 1.82) is 0 Å². The average Bonchev–Trinajstić information content (AvgIpc) is 2.34. The molecular formula is C13H9ClNO3-. The van der Waals surface area contributed by atoms with Crippen LogP contribution >= 0.6 is 11.6 Å². The van der Waals surface area contributed by atoms with Crippen LogP contribution in [0.15, 0.2) is 47.4 Å². The van der Waals surface area contributed by atoms with E-state index in [4.69, 9.17) is 11.6 Å². The van der Waals surface area contributed by atoms with Crippen molar-refractivity contribution >= 4 is 17.6 Å². The van der Waals surface area contributed by atoms with E-state index < -0.39 is 11.5 Å². The number of hydrogen-bond acceptors (Lipinski definition) is 3. The molecule has 2 aromatic rings. The van der Waals surface area contributed by atoms with Crippen molar-refractivity contribution in [3.63, 3.8) is 0 Å². The number of carboxylic acid groups (broad SMARTS) is 1. The van der Waals surface area contributed by atoms with E-state index in [0.717, 1.165) is 5.56 Å². The van der Waals surface area contributed by atoms with Crippen LogP contribution in [0.3, 0.4) is 0 Å². The van der Waals surface area contributed by atoms with Crippen LogP contribution in [0.1, 0.15) is 15.9 Å². The number of nitrogens with zero attached hydrogens (tertiary/aromatic N) is 1. The molecule has 4 nitrogen and oxygen atoms in total. The summed E-state index contributed by atoms with van der Waals surface area (Å²) in [4.78, 5) is 22.6. The molecule has 92 valence electrons. The van der Waals surface area contributed by atoms with Gasteiger partial charge in [-0.1, -0.05) is 29.8 Å². The summed E-state index contributed by atoms with van der Waals surface area (Å²) in [6.07, 6.45) is 1.51. The highest BCUT2D eigenvalue weighted by atomic mass is 35.5. The van der Waals surface area contributed by atoms with Gasteiger partial charge in [-0.3, -0.25) is 4.79 Å². The molecule has 0 amide bonds. The highest BCUT2D eigenvalue weighted by Crippen LogP contribution is 2.15. The first kappa shape index (κ1) is 12.4. The fraction of sp³-hybridized carbons (Fsp3) is 0.0769. The van der Waals surface area contributed by atoms with Gasteiger partial charge in [0, 0.05) is 11.2 Å². The fourth-order valence-electron chi connectivity index (χ4n) is 1.63. The molecule has 0 bridgehead atoms. The molecule has 0 fully saturated rings. The second kappa shape index (κ2) is 5.06. The second-order valence-corrected chi connectivity index (χ2v) is 4.14. The first-order valence-corrected chi connectivity index (χ1v) is 5.61. The Hall–Kier alpha value is -2.07. The molecule has 0 N–H and O–H groups in total. The number of halogens is 1. The maximum atomic E-state index is 11.8. The van der Waals surface area contributed by atoms with Crippen LogP contribution in [0.5, 0.6) is 0 Å². The minimum Gasteiger partial charge on any atom is -0.545 e. The van der Waals surface area contributed by atoms with E-state index in [0.29, 0.717) is 5.02 Å². The summed E-state index contributed by atoms with van der Waals surface area (Å²) in [6.45, 7) is 0.222. The topological polar surface area (TPSA) is 62.1 Å². The van der Waals surface area contributed by atoms with Crippen LogP contribution < -0.4 is 10.7 Å². The summed E-state index contributed by atoms with van der Waals surface area (Å²) in [5.74, 6) is -1.48. The third-order valence-electron chi connectivity index (χ3n) is 2.54. The minimum absolute atomic E-state index is 0.222. The summed E-state index contributed by atoms with van der Waals surface area (Å²) in [5.41, 5.74) is -0.210. The molecule has 0 aliphatic heterocycles. The van der Waals surface area contributed by atoms with Crippen LogP contribution in [0.4, 0.5) is 0 Å². The van der Waals surface area contributed by atoms with Crippen molar-refractivity contribution in [2.24, 2.45) is 0 Å². The van der Waals surface area contributed by atoms with Crippen molar-refractivity contribution < 1.29 is 9.90 Å². The Morgan fingerprint density at radius 1 is 1.22 bits per heavy atom. The highest BCUT2D eigenvalue weighted by Gasteiger charge is 2.06. The Balaban J connectivity index is 2.42. The Labute approximate surface area is 108 Å². The number of benzene rings is 1. The lowest BCUT2D eigenvalue weighted by Crippen LogP contribution is -2.33. The van der Waals surface area contributed by atoms with E-state index in [1.54, 1.807) is 24.3 Å². The van der Waals surface area contributed by atoms with Gasteiger partial charge in [0.05, 0.1) is 18.1 Å². The van der Waals surface area contributed by atoms with Gasteiger partial charge < -0.3 is 14.5 Å². The summed E-state index contributed by atoms with van der Waals surface area (Å²) in [7, 11) is 0. The molecule has 18 heavy (non-hydrogen) atoms. The third-order valence-corrected chi connectivity index (χ3v) is 2.91. The monoisotopic (exact) mass is 262 g/mol. The van der Waals surface area contributed by atoms with E-state index in [-0.39, 0.29) is 12.1 Å². The maximum absolute atomic E-state index is 11.8. The largest absolute Gasteiger partial charge is 0.545 e. The quantitative estimate of drug-likeness (QED) is 0.826. The standard InChI is InChI=1S/C13H10ClNO3/c14-11-6-2-1-4-9(11)8-15-7-3-5-10(12(15)16)13(17)18/h1-7H,8H2,(H,17,18)/p-1. The van der Waals surface area contributed by atoms with E-state index >= 15 is 0 Å². The molecule has 2 rings (SSSR count). The summed E-state index contributed by atoms with van der Waals surface area (Å²) in [6, 6.07) is 9.79. The average molecular weight is 263 g/mol. The van der Waals surface area contributed by atoms with Gasteiger partial charge in [-0.25, -0.2) is 0 Å². The molecule has 0 spiro atoms. The molecule has 0 atom stereocenters. The lowest BCUT2D eigenvalue weighted by molar-refractivity contribution is -0.255. The predicted molar refractivity (Wildman–Crippen MR) is 65.6 cm³/mol. The zero-order valence-corrected chi connectivity index (χ0v) is 10.1. The van der Waals surface area contributed by atoms with Crippen molar-refractivity contribution in [3.8, 4) is 0 Å². The van der Waals surface area contributed by atoms with Crippen LogP contribution in [-0.4, -0.2) is 10.5 Å². The molecular weight excluding hydrogens is 254 g/mol. The molecule has 0 unspecified atom stereocenters. The van der Waals surface area contributed by atoms with Crippen LogP contribution in [-0.2, 0) is 6.54 Å². The first-order valence-electron chi connectivity index (χ1n) is 5.24. The van der Waals surface area contributed by atoms with E-state index in [1.165, 1.54) is 22.9 Å². The molecule has 1 heterocycles. The number of pyridine rings is 1. The highest BCUT2D eigenvalue weighted by molar-refractivity contribution is 6.31. The predicted octanol–water partition coefficient (Wildman–Crippen LogP) is 0.913. The Morgan fingerprint density at radius 2 is 1.94 bits per heavy atom.